The topological polar surface area (TPSA) is 99.5 Å². The number of nitrogens with one attached hydrogen (secondary N) is 1. The number of amides is 1. The van der Waals surface area contributed by atoms with E-state index in [9.17, 15) is 14.4 Å². The largest absolute Gasteiger partial charge is 0.493 e. The zero-order chi connectivity index (χ0) is 21.7. The van der Waals surface area contributed by atoms with Crippen molar-refractivity contribution in [2.75, 3.05) is 19.5 Å². The molecule has 2 aromatic carbocycles. The molecule has 0 saturated heterocycles. The van der Waals surface area contributed by atoms with Crippen molar-refractivity contribution >= 4 is 17.4 Å². The Bertz CT molecular complexity index is 1150. The summed E-state index contributed by atoms with van der Waals surface area (Å²) in [5.74, 6) is 0.556. The van der Waals surface area contributed by atoms with Crippen LogP contribution >= 0.6 is 0 Å². The Morgan fingerprint density at radius 3 is 2.47 bits per heavy atom. The SMILES string of the molecule is COc1ccc(-c2ccc(=O)n(CC(=O)Nc3cccc(C(C)=O)c3)n2)cc1OC. The number of carbonyl (C=O) groups excluding carboxylic acids is 2. The minimum absolute atomic E-state index is 0.105. The molecule has 0 bridgehead atoms. The number of anilines is 1. The molecule has 0 unspecified atom stereocenters. The third-order valence-electron chi connectivity index (χ3n) is 4.39. The lowest BCUT2D eigenvalue weighted by Crippen LogP contribution is -2.29. The fraction of sp³-hybridized carbons (Fsp3) is 0.182. The molecule has 1 aromatic heterocycles. The van der Waals surface area contributed by atoms with Crippen LogP contribution in [0.2, 0.25) is 0 Å². The number of nitrogens with zero attached hydrogens (tertiary/aromatic N) is 2. The Kier molecular flexibility index (Phi) is 6.26. The predicted molar refractivity (Wildman–Crippen MR) is 112 cm³/mol. The second kappa shape index (κ2) is 9.04. The van der Waals surface area contributed by atoms with E-state index in [0.717, 1.165) is 4.68 Å². The van der Waals surface area contributed by atoms with Crippen molar-refractivity contribution < 1.29 is 19.1 Å². The summed E-state index contributed by atoms with van der Waals surface area (Å²) in [6, 6.07) is 14.8. The van der Waals surface area contributed by atoms with Crippen LogP contribution in [0.25, 0.3) is 11.3 Å². The highest BCUT2D eigenvalue weighted by Crippen LogP contribution is 2.31. The molecule has 0 radical (unpaired) electrons. The molecule has 154 valence electrons. The summed E-state index contributed by atoms with van der Waals surface area (Å²) in [5, 5.41) is 6.97. The molecule has 0 aliphatic rings. The van der Waals surface area contributed by atoms with Gasteiger partial charge in [-0.3, -0.25) is 14.4 Å². The fourth-order valence-electron chi connectivity index (χ4n) is 2.86. The molecule has 0 aliphatic carbocycles. The first-order valence-electron chi connectivity index (χ1n) is 9.12. The van der Waals surface area contributed by atoms with Gasteiger partial charge in [0, 0.05) is 22.9 Å². The van der Waals surface area contributed by atoms with Gasteiger partial charge < -0.3 is 14.8 Å². The van der Waals surface area contributed by atoms with Gasteiger partial charge in [0.2, 0.25) is 5.91 Å². The summed E-state index contributed by atoms with van der Waals surface area (Å²) in [4.78, 5) is 36.1. The summed E-state index contributed by atoms with van der Waals surface area (Å²) in [5.41, 5.74) is 1.75. The van der Waals surface area contributed by atoms with Crippen molar-refractivity contribution in [2.45, 2.75) is 13.5 Å². The van der Waals surface area contributed by atoms with Gasteiger partial charge in [0.05, 0.1) is 19.9 Å². The summed E-state index contributed by atoms with van der Waals surface area (Å²) < 4.78 is 11.6. The Labute approximate surface area is 173 Å². The number of carbonyl (C=O) groups is 2. The Balaban J connectivity index is 1.82. The van der Waals surface area contributed by atoms with Gasteiger partial charge in [-0.1, -0.05) is 12.1 Å². The van der Waals surface area contributed by atoms with Crippen molar-refractivity contribution in [1.82, 2.24) is 9.78 Å². The second-order valence-corrected chi connectivity index (χ2v) is 6.47. The first-order chi connectivity index (χ1) is 14.4. The van der Waals surface area contributed by atoms with Crippen molar-refractivity contribution in [2.24, 2.45) is 0 Å². The van der Waals surface area contributed by atoms with Crippen LogP contribution in [0.1, 0.15) is 17.3 Å². The molecule has 0 atom stereocenters. The third kappa shape index (κ3) is 4.72. The monoisotopic (exact) mass is 407 g/mol. The Morgan fingerprint density at radius 2 is 1.77 bits per heavy atom. The molecule has 0 saturated carbocycles. The highest BCUT2D eigenvalue weighted by Gasteiger charge is 2.11. The number of Topliss-reactive ketones (excluding diaryl/α,β-unsaturated/α-hetero) is 1. The zero-order valence-electron chi connectivity index (χ0n) is 16.8. The lowest BCUT2D eigenvalue weighted by molar-refractivity contribution is -0.117. The summed E-state index contributed by atoms with van der Waals surface area (Å²) in [7, 11) is 3.07. The van der Waals surface area contributed by atoms with E-state index in [0.29, 0.717) is 34.0 Å². The molecule has 0 spiro atoms. The first kappa shape index (κ1) is 20.8. The van der Waals surface area contributed by atoms with Crippen molar-refractivity contribution in [3.8, 4) is 22.8 Å². The van der Waals surface area contributed by atoms with Gasteiger partial charge in [-0.25, -0.2) is 4.68 Å². The van der Waals surface area contributed by atoms with Gasteiger partial charge >= 0.3 is 0 Å². The number of rotatable bonds is 7. The number of ketones is 1. The molecule has 1 N–H and O–H groups in total. The maximum atomic E-state index is 12.4. The van der Waals surface area contributed by atoms with E-state index < -0.39 is 11.5 Å². The predicted octanol–water partition coefficient (Wildman–Crippen LogP) is 2.77. The van der Waals surface area contributed by atoms with Gasteiger partial charge in [-0.15, -0.1) is 0 Å². The molecule has 3 aromatic rings. The number of ether oxygens (including phenoxy) is 2. The molecule has 1 amide bonds. The van der Waals surface area contributed by atoms with Gasteiger partial charge in [0.15, 0.2) is 17.3 Å². The zero-order valence-corrected chi connectivity index (χ0v) is 16.8. The van der Waals surface area contributed by atoms with E-state index in [-0.39, 0.29) is 12.3 Å². The Hall–Kier alpha value is -3.94. The van der Waals surface area contributed by atoms with Crippen LogP contribution < -0.4 is 20.3 Å². The van der Waals surface area contributed by atoms with E-state index in [1.165, 1.54) is 20.1 Å². The number of benzene rings is 2. The van der Waals surface area contributed by atoms with Gasteiger partial charge in [0.25, 0.3) is 5.56 Å². The maximum absolute atomic E-state index is 12.4. The van der Waals surface area contributed by atoms with Crippen LogP contribution in [-0.2, 0) is 11.3 Å². The highest BCUT2D eigenvalue weighted by molar-refractivity contribution is 5.97. The normalized spacial score (nSPS) is 10.4. The standard InChI is InChI=1S/C22H21N3O5/c1-14(26)15-5-4-6-17(11-15)23-21(27)13-25-22(28)10-8-18(24-25)16-7-9-19(29-2)20(12-16)30-3/h4-12H,13H2,1-3H3,(H,23,27). The average Bonchev–Trinajstić information content (AvgIpc) is 2.74. The summed E-state index contributed by atoms with van der Waals surface area (Å²) in [6.45, 7) is 1.17. The number of hydrogen-bond donors (Lipinski definition) is 1. The van der Waals surface area contributed by atoms with Gasteiger partial charge in [-0.2, -0.15) is 5.10 Å². The number of methoxy groups -OCH3 is 2. The lowest BCUT2D eigenvalue weighted by Gasteiger charge is -2.11. The minimum atomic E-state index is -0.435. The molecule has 8 nitrogen and oxygen atoms in total. The molecule has 1 heterocycles. The second-order valence-electron chi connectivity index (χ2n) is 6.47. The number of hydrogen-bond acceptors (Lipinski definition) is 6. The van der Waals surface area contributed by atoms with Crippen LogP contribution in [0.5, 0.6) is 11.5 Å². The fourth-order valence-corrected chi connectivity index (χ4v) is 2.86. The van der Waals surface area contributed by atoms with E-state index in [2.05, 4.69) is 10.4 Å². The molecular weight excluding hydrogens is 386 g/mol. The van der Waals surface area contributed by atoms with Crippen LogP contribution in [0.3, 0.4) is 0 Å². The molecule has 3 rings (SSSR count). The third-order valence-corrected chi connectivity index (χ3v) is 4.39. The van der Waals surface area contributed by atoms with Crippen LogP contribution in [0.15, 0.2) is 59.4 Å². The molecule has 0 fully saturated rings. The van der Waals surface area contributed by atoms with Crippen LogP contribution in [0.4, 0.5) is 5.69 Å². The van der Waals surface area contributed by atoms with E-state index in [4.69, 9.17) is 9.47 Å². The van der Waals surface area contributed by atoms with Gasteiger partial charge in [0.1, 0.15) is 6.54 Å². The van der Waals surface area contributed by atoms with Crippen molar-refractivity contribution in [3.05, 3.63) is 70.5 Å². The van der Waals surface area contributed by atoms with Crippen molar-refractivity contribution in [1.29, 1.82) is 0 Å². The smallest absolute Gasteiger partial charge is 0.267 e. The van der Waals surface area contributed by atoms with Crippen molar-refractivity contribution in [3.63, 3.8) is 0 Å². The average molecular weight is 407 g/mol. The lowest BCUT2D eigenvalue weighted by atomic mass is 10.1. The summed E-state index contributed by atoms with van der Waals surface area (Å²) in [6.07, 6.45) is 0. The highest BCUT2D eigenvalue weighted by atomic mass is 16.5. The van der Waals surface area contributed by atoms with Gasteiger partial charge in [-0.05, 0) is 43.3 Å². The number of aromatic nitrogens is 2. The van der Waals surface area contributed by atoms with E-state index in [1.807, 2.05) is 0 Å². The first-order valence-corrected chi connectivity index (χ1v) is 9.12. The molecule has 0 aliphatic heterocycles. The van der Waals surface area contributed by atoms with Crippen LogP contribution in [-0.4, -0.2) is 35.7 Å². The van der Waals surface area contributed by atoms with E-state index in [1.54, 1.807) is 55.6 Å². The quantitative estimate of drug-likeness (QED) is 0.605. The maximum Gasteiger partial charge on any atom is 0.267 e. The van der Waals surface area contributed by atoms with Crippen LogP contribution in [0, 0.1) is 0 Å². The van der Waals surface area contributed by atoms with E-state index >= 15 is 0 Å². The summed E-state index contributed by atoms with van der Waals surface area (Å²) >= 11 is 0. The molecule has 30 heavy (non-hydrogen) atoms. The Morgan fingerprint density at radius 1 is 1.00 bits per heavy atom. The molecule has 8 heteroatoms. The minimum Gasteiger partial charge on any atom is -0.493 e. The molecular formula is C22H21N3O5.